The third-order valence-corrected chi connectivity index (χ3v) is 3.74. The summed E-state index contributed by atoms with van der Waals surface area (Å²) >= 11 is 0. The van der Waals surface area contributed by atoms with E-state index in [0.29, 0.717) is 31.2 Å². The number of methoxy groups -OCH3 is 1. The van der Waals surface area contributed by atoms with E-state index in [2.05, 4.69) is 5.32 Å². The molecule has 1 N–H and O–H groups in total. The summed E-state index contributed by atoms with van der Waals surface area (Å²) in [5.74, 6) is 1.38. The Hall–Kier alpha value is -1.95. The van der Waals surface area contributed by atoms with Crippen molar-refractivity contribution in [3.8, 4) is 11.5 Å². The van der Waals surface area contributed by atoms with E-state index < -0.39 is 5.60 Å². The zero-order chi connectivity index (χ0) is 17.7. The minimum atomic E-state index is -0.511. The number of benzene rings is 1. The lowest BCUT2D eigenvalue weighted by atomic mass is 10.0. The van der Waals surface area contributed by atoms with Gasteiger partial charge in [-0.05, 0) is 45.4 Å². The van der Waals surface area contributed by atoms with Gasteiger partial charge < -0.3 is 19.5 Å². The van der Waals surface area contributed by atoms with Crippen LogP contribution in [0.25, 0.3) is 0 Å². The van der Waals surface area contributed by atoms with Crippen molar-refractivity contribution < 1.29 is 19.0 Å². The van der Waals surface area contributed by atoms with Gasteiger partial charge in [0.1, 0.15) is 5.60 Å². The fourth-order valence-electron chi connectivity index (χ4n) is 2.71. The molecule has 0 radical (unpaired) electrons. The van der Waals surface area contributed by atoms with Crippen LogP contribution in [0.1, 0.15) is 39.3 Å². The molecule has 1 aromatic carbocycles. The van der Waals surface area contributed by atoms with E-state index in [1.54, 1.807) is 12.0 Å². The van der Waals surface area contributed by atoms with E-state index in [1.807, 2.05) is 45.9 Å². The standard InChI is InChI=1S/C18H28N2O4/c1-6-23-16-11-13(7-8-15(16)22-5)14-12-19-9-10-20(14)17(21)24-18(2,3)4/h7-8,11,14,19H,6,9-10,12H2,1-5H3. The first kappa shape index (κ1) is 18.4. The number of carbonyl (C=O) groups is 1. The maximum atomic E-state index is 12.6. The molecule has 1 amide bonds. The lowest BCUT2D eigenvalue weighted by Crippen LogP contribution is -2.50. The number of hydrogen-bond acceptors (Lipinski definition) is 5. The molecule has 0 bridgehead atoms. The van der Waals surface area contributed by atoms with E-state index in [-0.39, 0.29) is 12.1 Å². The fraction of sp³-hybridized carbons (Fsp3) is 0.611. The normalized spacial score (nSPS) is 18.2. The number of ether oxygens (including phenoxy) is 3. The van der Waals surface area contributed by atoms with E-state index in [0.717, 1.165) is 12.1 Å². The van der Waals surface area contributed by atoms with Gasteiger partial charge in [0, 0.05) is 19.6 Å². The molecule has 1 unspecified atom stereocenters. The molecule has 2 rings (SSSR count). The van der Waals surface area contributed by atoms with Gasteiger partial charge in [0.25, 0.3) is 0 Å². The van der Waals surface area contributed by atoms with Crippen LogP contribution in [0, 0.1) is 0 Å². The minimum absolute atomic E-state index is 0.0984. The maximum absolute atomic E-state index is 12.6. The average Bonchev–Trinajstić information content (AvgIpc) is 2.53. The molecule has 1 aromatic rings. The Kier molecular flexibility index (Phi) is 5.94. The SMILES string of the molecule is CCOc1cc(C2CNCCN2C(=O)OC(C)(C)C)ccc1OC. The molecule has 134 valence electrons. The molecule has 0 aromatic heterocycles. The zero-order valence-electron chi connectivity index (χ0n) is 15.2. The first-order chi connectivity index (χ1) is 11.4. The van der Waals surface area contributed by atoms with Gasteiger partial charge in [-0.15, -0.1) is 0 Å². The molecule has 1 aliphatic rings. The van der Waals surface area contributed by atoms with E-state index in [1.165, 1.54) is 0 Å². The molecular formula is C18H28N2O4. The molecule has 0 saturated carbocycles. The van der Waals surface area contributed by atoms with Gasteiger partial charge in [-0.3, -0.25) is 4.90 Å². The number of nitrogens with one attached hydrogen (secondary N) is 1. The summed E-state index contributed by atoms with van der Waals surface area (Å²) in [6.45, 7) is 10.2. The summed E-state index contributed by atoms with van der Waals surface area (Å²) in [6.07, 6.45) is -0.289. The predicted octanol–water partition coefficient (Wildman–Crippen LogP) is 2.98. The second-order valence-electron chi connectivity index (χ2n) is 6.74. The van der Waals surface area contributed by atoms with Gasteiger partial charge in [0.05, 0.1) is 19.8 Å². The van der Waals surface area contributed by atoms with Crippen molar-refractivity contribution >= 4 is 6.09 Å². The molecule has 6 nitrogen and oxygen atoms in total. The molecular weight excluding hydrogens is 308 g/mol. The van der Waals surface area contributed by atoms with Gasteiger partial charge >= 0.3 is 6.09 Å². The van der Waals surface area contributed by atoms with Crippen molar-refractivity contribution in [2.24, 2.45) is 0 Å². The molecule has 6 heteroatoms. The van der Waals surface area contributed by atoms with Crippen LogP contribution in [0.5, 0.6) is 11.5 Å². The monoisotopic (exact) mass is 336 g/mol. The van der Waals surface area contributed by atoms with E-state index in [4.69, 9.17) is 14.2 Å². The van der Waals surface area contributed by atoms with Crippen LogP contribution in [0.15, 0.2) is 18.2 Å². The molecule has 1 aliphatic heterocycles. The predicted molar refractivity (Wildman–Crippen MR) is 92.7 cm³/mol. The maximum Gasteiger partial charge on any atom is 0.410 e. The highest BCUT2D eigenvalue weighted by Gasteiger charge is 2.31. The van der Waals surface area contributed by atoms with Crippen molar-refractivity contribution in [1.82, 2.24) is 10.2 Å². The van der Waals surface area contributed by atoms with Crippen LogP contribution in [0.3, 0.4) is 0 Å². The molecule has 1 saturated heterocycles. The van der Waals surface area contributed by atoms with Crippen LogP contribution in [0.2, 0.25) is 0 Å². The van der Waals surface area contributed by atoms with E-state index >= 15 is 0 Å². The summed E-state index contributed by atoms with van der Waals surface area (Å²) < 4.78 is 16.5. The van der Waals surface area contributed by atoms with Crippen molar-refractivity contribution in [2.75, 3.05) is 33.4 Å². The summed E-state index contributed by atoms with van der Waals surface area (Å²) in [5, 5.41) is 3.34. The van der Waals surface area contributed by atoms with Crippen molar-refractivity contribution in [2.45, 2.75) is 39.3 Å². The lowest BCUT2D eigenvalue weighted by Gasteiger charge is -2.37. The van der Waals surface area contributed by atoms with E-state index in [9.17, 15) is 4.79 Å². The Bertz CT molecular complexity index is 569. The first-order valence-corrected chi connectivity index (χ1v) is 8.36. The van der Waals surface area contributed by atoms with Gasteiger partial charge in [-0.1, -0.05) is 6.07 Å². The second kappa shape index (κ2) is 7.75. The zero-order valence-corrected chi connectivity index (χ0v) is 15.2. The Morgan fingerprint density at radius 3 is 2.71 bits per heavy atom. The van der Waals surface area contributed by atoms with Gasteiger partial charge in [0.15, 0.2) is 11.5 Å². The highest BCUT2D eigenvalue weighted by molar-refractivity contribution is 5.69. The number of hydrogen-bond donors (Lipinski definition) is 1. The Morgan fingerprint density at radius 1 is 1.33 bits per heavy atom. The summed E-state index contributed by atoms with van der Waals surface area (Å²) in [4.78, 5) is 14.3. The number of carbonyl (C=O) groups excluding carboxylic acids is 1. The lowest BCUT2D eigenvalue weighted by molar-refractivity contribution is 0.0117. The largest absolute Gasteiger partial charge is 0.493 e. The quantitative estimate of drug-likeness (QED) is 0.916. The first-order valence-electron chi connectivity index (χ1n) is 8.36. The number of piperazine rings is 1. The average molecular weight is 336 g/mol. The molecule has 1 heterocycles. The van der Waals surface area contributed by atoms with Gasteiger partial charge in [0.2, 0.25) is 0 Å². The van der Waals surface area contributed by atoms with Crippen LogP contribution in [-0.2, 0) is 4.74 Å². The summed E-state index contributed by atoms with van der Waals surface area (Å²) in [6, 6.07) is 5.69. The molecule has 1 fully saturated rings. The van der Waals surface area contributed by atoms with Crippen molar-refractivity contribution in [3.05, 3.63) is 23.8 Å². The number of amides is 1. The molecule has 0 spiro atoms. The third kappa shape index (κ3) is 4.54. The molecule has 1 atom stereocenters. The Balaban J connectivity index is 2.26. The van der Waals surface area contributed by atoms with Gasteiger partial charge in [-0.25, -0.2) is 4.79 Å². The number of nitrogens with zero attached hydrogens (tertiary/aromatic N) is 1. The van der Waals surface area contributed by atoms with Gasteiger partial charge in [-0.2, -0.15) is 0 Å². The topological polar surface area (TPSA) is 60.0 Å². The highest BCUT2D eigenvalue weighted by Crippen LogP contribution is 2.33. The summed E-state index contributed by atoms with van der Waals surface area (Å²) in [5.41, 5.74) is 0.486. The Morgan fingerprint density at radius 2 is 2.08 bits per heavy atom. The van der Waals surface area contributed by atoms with Crippen LogP contribution in [0.4, 0.5) is 4.79 Å². The molecule has 24 heavy (non-hydrogen) atoms. The van der Waals surface area contributed by atoms with Crippen molar-refractivity contribution in [3.63, 3.8) is 0 Å². The molecule has 0 aliphatic carbocycles. The fourth-order valence-corrected chi connectivity index (χ4v) is 2.71. The van der Waals surface area contributed by atoms with Crippen LogP contribution in [-0.4, -0.2) is 49.9 Å². The van der Waals surface area contributed by atoms with Crippen LogP contribution < -0.4 is 14.8 Å². The third-order valence-electron chi connectivity index (χ3n) is 3.74. The summed E-state index contributed by atoms with van der Waals surface area (Å²) in [7, 11) is 1.62. The number of rotatable bonds is 4. The smallest absolute Gasteiger partial charge is 0.410 e. The second-order valence-corrected chi connectivity index (χ2v) is 6.74. The Labute approximate surface area is 144 Å². The minimum Gasteiger partial charge on any atom is -0.493 e. The van der Waals surface area contributed by atoms with Crippen LogP contribution >= 0.6 is 0 Å². The van der Waals surface area contributed by atoms with Crippen molar-refractivity contribution in [1.29, 1.82) is 0 Å². The highest BCUT2D eigenvalue weighted by atomic mass is 16.6.